The van der Waals surface area contributed by atoms with Crippen molar-refractivity contribution in [1.82, 2.24) is 20.3 Å². The summed E-state index contributed by atoms with van der Waals surface area (Å²) in [4.78, 5) is 40.2. The zero-order chi connectivity index (χ0) is 42.7. The van der Waals surface area contributed by atoms with E-state index in [9.17, 15) is 22.8 Å². The first-order valence-electron chi connectivity index (χ1n) is 21.4. The van der Waals surface area contributed by atoms with Crippen LogP contribution in [0.25, 0.3) is 0 Å². The highest BCUT2D eigenvalue weighted by Gasteiger charge is 2.25. The van der Waals surface area contributed by atoms with Crippen molar-refractivity contribution in [2.45, 2.75) is 134 Å². The number of methoxy groups -OCH3 is 2. The lowest BCUT2D eigenvalue weighted by Gasteiger charge is -2.27. The molecule has 2 atom stereocenters. The molecule has 3 rings (SSSR count). The van der Waals surface area contributed by atoms with E-state index in [2.05, 4.69) is 29.2 Å². The number of amides is 3. The largest absolute Gasteiger partial charge is 0.496 e. The molecule has 1 aliphatic heterocycles. The Balaban J connectivity index is 1.39. The monoisotopic (exact) mass is 840 g/mol. The predicted molar refractivity (Wildman–Crippen MR) is 231 cm³/mol. The lowest BCUT2D eigenvalue weighted by atomic mass is 10.0. The van der Waals surface area contributed by atoms with Gasteiger partial charge in [-0.2, -0.15) is 0 Å². The number of ether oxygens (including phenoxy) is 4. The summed E-state index contributed by atoms with van der Waals surface area (Å²) in [5.74, 6) is 0.173. The van der Waals surface area contributed by atoms with Crippen molar-refractivity contribution < 1.29 is 41.7 Å². The van der Waals surface area contributed by atoms with Crippen molar-refractivity contribution >= 4 is 28.1 Å². The highest BCUT2D eigenvalue weighted by Crippen LogP contribution is 2.23. The molecule has 0 radical (unpaired) electrons. The highest BCUT2D eigenvalue weighted by molar-refractivity contribution is 7.89. The Morgan fingerprint density at radius 2 is 1.32 bits per heavy atom. The van der Waals surface area contributed by atoms with Crippen molar-refractivity contribution in [2.24, 2.45) is 0 Å². The van der Waals surface area contributed by atoms with Gasteiger partial charge in [-0.1, -0.05) is 140 Å². The Morgan fingerprint density at radius 3 is 1.95 bits per heavy atom. The van der Waals surface area contributed by atoms with Gasteiger partial charge in [-0.3, -0.25) is 4.79 Å². The Kier molecular flexibility index (Phi) is 23.4. The number of unbranched alkanes of at least 4 members (excludes halogenated alkanes) is 11. The summed E-state index contributed by atoms with van der Waals surface area (Å²) in [5.41, 5.74) is 1.38. The SMILES string of the molecule is CCCCCCCCCCCCCCC(CCC)NS(=O)(=O)c1ccccc1CNC(=O)OCC(COC(=O)NCC1=CC=CCN1C(=O)c1ccccc1OC)OC. The van der Waals surface area contributed by atoms with E-state index in [-0.39, 0.29) is 43.1 Å². The lowest BCUT2D eigenvalue weighted by Crippen LogP contribution is -2.39. The zero-order valence-corrected chi connectivity index (χ0v) is 36.5. The number of nitrogens with one attached hydrogen (secondary N) is 3. The van der Waals surface area contributed by atoms with E-state index >= 15 is 0 Å². The van der Waals surface area contributed by atoms with Crippen LogP contribution in [-0.2, 0) is 30.8 Å². The van der Waals surface area contributed by atoms with E-state index in [1.165, 1.54) is 89.4 Å². The molecule has 1 aliphatic rings. The summed E-state index contributed by atoms with van der Waals surface area (Å²) in [7, 11) is -0.962. The number of hydrogen-bond acceptors (Lipinski definition) is 9. The Hall–Kier alpha value is -4.40. The number of nitrogens with zero attached hydrogens (tertiary/aromatic N) is 1. The second-order valence-electron chi connectivity index (χ2n) is 14.9. The molecule has 1 heterocycles. The maximum atomic E-state index is 13.6. The van der Waals surface area contributed by atoms with Crippen LogP contribution in [0, 0.1) is 0 Å². The highest BCUT2D eigenvalue weighted by atomic mass is 32.2. The number of benzene rings is 2. The summed E-state index contributed by atoms with van der Waals surface area (Å²) >= 11 is 0. The molecule has 0 spiro atoms. The Bertz CT molecular complexity index is 1730. The molecule has 0 saturated carbocycles. The van der Waals surface area contributed by atoms with Crippen LogP contribution in [0.15, 0.2) is 77.4 Å². The maximum absolute atomic E-state index is 13.6. The van der Waals surface area contributed by atoms with E-state index in [0.717, 1.165) is 32.1 Å². The second-order valence-corrected chi connectivity index (χ2v) is 16.5. The molecule has 0 bridgehead atoms. The van der Waals surface area contributed by atoms with Gasteiger partial charge in [-0.05, 0) is 42.7 Å². The van der Waals surface area contributed by atoms with E-state index < -0.39 is 28.3 Å². The third-order valence-corrected chi connectivity index (χ3v) is 11.9. The number of carbonyl (C=O) groups excluding carboxylic acids is 3. The van der Waals surface area contributed by atoms with Crippen LogP contribution in [0.4, 0.5) is 9.59 Å². The van der Waals surface area contributed by atoms with Crippen LogP contribution in [-0.4, -0.2) is 84.1 Å². The minimum Gasteiger partial charge on any atom is -0.496 e. The third-order valence-electron chi connectivity index (χ3n) is 10.2. The van der Waals surface area contributed by atoms with Gasteiger partial charge in [-0.25, -0.2) is 22.7 Å². The summed E-state index contributed by atoms with van der Waals surface area (Å²) < 4.78 is 51.4. The number of sulfonamides is 1. The summed E-state index contributed by atoms with van der Waals surface area (Å²) in [6, 6.07) is 13.3. The van der Waals surface area contributed by atoms with Crippen LogP contribution < -0.4 is 20.1 Å². The molecular weight excluding hydrogens is 773 g/mol. The number of alkyl carbamates (subject to hydrolysis) is 2. The number of hydrogen-bond donors (Lipinski definition) is 3. The van der Waals surface area contributed by atoms with Crippen molar-refractivity contribution in [1.29, 1.82) is 0 Å². The van der Waals surface area contributed by atoms with Crippen molar-refractivity contribution in [2.75, 3.05) is 40.5 Å². The first-order chi connectivity index (χ1) is 28.6. The van der Waals surface area contributed by atoms with Crippen molar-refractivity contribution in [3.05, 3.63) is 83.6 Å². The molecule has 328 valence electrons. The van der Waals surface area contributed by atoms with Crippen molar-refractivity contribution in [3.63, 3.8) is 0 Å². The minimum atomic E-state index is -3.85. The van der Waals surface area contributed by atoms with E-state index in [0.29, 0.717) is 29.1 Å². The Morgan fingerprint density at radius 1 is 0.729 bits per heavy atom. The average Bonchev–Trinajstić information content (AvgIpc) is 3.25. The molecule has 3 N–H and O–H groups in total. The molecule has 59 heavy (non-hydrogen) atoms. The molecule has 0 aromatic heterocycles. The van der Waals surface area contributed by atoms with Gasteiger partial charge in [-0.15, -0.1) is 0 Å². The van der Waals surface area contributed by atoms with Gasteiger partial charge in [0.25, 0.3) is 5.91 Å². The van der Waals surface area contributed by atoms with Crippen molar-refractivity contribution in [3.8, 4) is 5.75 Å². The molecule has 2 aromatic rings. The molecule has 2 aromatic carbocycles. The molecule has 14 heteroatoms. The minimum absolute atomic E-state index is 0.0199. The second kappa shape index (κ2) is 28.1. The molecular formula is C45H68N4O9S. The predicted octanol–water partition coefficient (Wildman–Crippen LogP) is 8.80. The average molecular weight is 841 g/mol. The van der Waals surface area contributed by atoms with Gasteiger partial charge in [0.2, 0.25) is 10.0 Å². The van der Waals surface area contributed by atoms with E-state index in [1.807, 2.05) is 6.08 Å². The summed E-state index contributed by atoms with van der Waals surface area (Å²) in [6.45, 7) is 4.11. The third kappa shape index (κ3) is 18.2. The van der Waals surface area contributed by atoms with E-state index in [1.54, 1.807) is 54.6 Å². The molecule has 0 saturated heterocycles. The van der Waals surface area contributed by atoms with Crippen LogP contribution in [0.1, 0.15) is 126 Å². The number of para-hydroxylation sites is 1. The fourth-order valence-corrected chi connectivity index (χ4v) is 8.42. The van der Waals surface area contributed by atoms with Crippen LogP contribution >= 0.6 is 0 Å². The van der Waals surface area contributed by atoms with Crippen LogP contribution in [0.5, 0.6) is 5.75 Å². The first kappa shape index (κ1) is 49.0. The molecule has 3 amide bonds. The topological polar surface area (TPSA) is 162 Å². The standard InChI is InChI=1S/C45H68N4O9S/c1-5-7-8-9-10-11-12-13-14-15-16-17-26-37(24-6-2)48-59(53,54)42-30-21-18-25-36(42)32-46-44(51)57-34-39(55-3)35-58-45(52)47-33-38-27-22-23-31-49(38)43(50)40-28-19-20-29-41(40)56-4/h18-23,25,27-30,37,39,48H,5-17,24,26,31-35H2,1-4H3,(H,46,51)(H,47,52). The number of rotatable bonds is 29. The fourth-order valence-electron chi connectivity index (χ4n) is 6.88. The number of allylic oxidation sites excluding steroid dienone is 2. The molecule has 0 fully saturated rings. The smallest absolute Gasteiger partial charge is 0.407 e. The van der Waals surface area contributed by atoms with Gasteiger partial charge in [0.05, 0.1) is 24.1 Å². The lowest BCUT2D eigenvalue weighted by molar-refractivity contribution is -0.00450. The van der Waals surface area contributed by atoms with Gasteiger partial charge >= 0.3 is 12.2 Å². The Labute approximate surface area is 352 Å². The molecule has 0 aliphatic carbocycles. The van der Waals surface area contributed by atoms with Crippen LogP contribution in [0.2, 0.25) is 0 Å². The summed E-state index contributed by atoms with van der Waals surface area (Å²) in [5, 5.41) is 5.27. The summed E-state index contributed by atoms with van der Waals surface area (Å²) in [6.07, 6.45) is 20.5. The normalized spacial score (nSPS) is 13.6. The molecule has 13 nitrogen and oxygen atoms in total. The first-order valence-corrected chi connectivity index (χ1v) is 22.9. The van der Waals surface area contributed by atoms with Gasteiger partial charge in [0.15, 0.2) is 0 Å². The maximum Gasteiger partial charge on any atom is 0.407 e. The van der Waals surface area contributed by atoms with Gasteiger partial charge < -0.3 is 34.5 Å². The van der Waals surface area contributed by atoms with Crippen LogP contribution in [0.3, 0.4) is 0 Å². The van der Waals surface area contributed by atoms with Gasteiger partial charge in [0.1, 0.15) is 25.1 Å². The number of carbonyl (C=O) groups is 3. The van der Waals surface area contributed by atoms with E-state index in [4.69, 9.17) is 18.9 Å². The zero-order valence-electron chi connectivity index (χ0n) is 35.7. The fraction of sp³-hybridized carbons (Fsp3) is 0.578. The molecule has 2 unspecified atom stereocenters. The quantitative estimate of drug-likeness (QED) is 0.0680. The van der Waals surface area contributed by atoms with Gasteiger partial charge in [0, 0.05) is 31.9 Å².